The minimum absolute atomic E-state index is 0.238. The van der Waals surface area contributed by atoms with E-state index in [1.807, 2.05) is 20.0 Å². The molecule has 0 atom stereocenters. The summed E-state index contributed by atoms with van der Waals surface area (Å²) < 4.78 is 27.2. The van der Waals surface area contributed by atoms with Gasteiger partial charge in [0.15, 0.2) is 0 Å². The number of H-pyrrole nitrogens is 1. The van der Waals surface area contributed by atoms with Crippen LogP contribution in [-0.4, -0.2) is 64.4 Å². The van der Waals surface area contributed by atoms with E-state index in [9.17, 15) is 8.42 Å². The number of piperidine rings is 1. The molecule has 136 valence electrons. The summed E-state index contributed by atoms with van der Waals surface area (Å²) in [6, 6.07) is 0. The normalized spacial score (nSPS) is 17.3. The molecule has 0 saturated carbocycles. The predicted molar refractivity (Wildman–Crippen MR) is 95.2 cm³/mol. The second kappa shape index (κ2) is 6.81. The maximum Gasteiger partial charge on any atom is 0.281 e. The Morgan fingerprint density at radius 1 is 1.16 bits per heavy atom. The zero-order valence-electron chi connectivity index (χ0n) is 15.0. The minimum Gasteiger partial charge on any atom is -0.282 e. The van der Waals surface area contributed by atoms with Crippen LogP contribution in [0.1, 0.15) is 35.8 Å². The van der Waals surface area contributed by atoms with Gasteiger partial charge in [-0.2, -0.15) is 22.1 Å². The topological polar surface area (TPSA) is 95.1 Å². The number of aromatic nitrogens is 4. The molecule has 1 saturated heterocycles. The number of aryl methyl sites for hydroxylation is 2. The fourth-order valence-corrected chi connectivity index (χ4v) is 4.35. The van der Waals surface area contributed by atoms with Gasteiger partial charge in [0.1, 0.15) is 0 Å². The highest BCUT2D eigenvalue weighted by Crippen LogP contribution is 2.29. The van der Waals surface area contributed by atoms with Gasteiger partial charge in [-0.25, -0.2) is 0 Å². The molecule has 2 aromatic heterocycles. The van der Waals surface area contributed by atoms with Crippen molar-refractivity contribution in [2.45, 2.75) is 32.6 Å². The molecule has 0 bridgehead atoms. The monoisotopic (exact) mass is 364 g/mol. The molecular formula is C16H24N6O2S. The van der Waals surface area contributed by atoms with Crippen molar-refractivity contribution in [1.82, 2.24) is 28.8 Å². The second-order valence-electron chi connectivity index (χ2n) is 6.60. The van der Waals surface area contributed by atoms with E-state index >= 15 is 0 Å². The quantitative estimate of drug-likeness (QED) is 0.886. The number of nitrogens with one attached hydrogen (secondary N) is 1. The lowest BCUT2D eigenvalue weighted by molar-refractivity contribution is 0.300. The Morgan fingerprint density at radius 3 is 2.32 bits per heavy atom. The summed E-state index contributed by atoms with van der Waals surface area (Å²) in [5.74, 6) is 0.238. The molecule has 0 amide bonds. The molecule has 9 heteroatoms. The Labute approximate surface area is 148 Å². The molecule has 2 aromatic rings. The van der Waals surface area contributed by atoms with Crippen molar-refractivity contribution in [2.24, 2.45) is 0 Å². The summed E-state index contributed by atoms with van der Waals surface area (Å²) in [7, 11) is -0.209. The summed E-state index contributed by atoms with van der Waals surface area (Å²) in [6.45, 7) is 4.92. The number of hydrogen-bond acceptors (Lipinski definition) is 5. The predicted octanol–water partition coefficient (Wildman–Crippen LogP) is 1.47. The number of hydrogen-bond donors (Lipinski definition) is 1. The van der Waals surface area contributed by atoms with Gasteiger partial charge in [-0.3, -0.25) is 15.1 Å². The lowest BCUT2D eigenvalue weighted by Crippen LogP contribution is -2.44. The van der Waals surface area contributed by atoms with E-state index < -0.39 is 10.2 Å². The van der Waals surface area contributed by atoms with Crippen molar-refractivity contribution in [2.75, 3.05) is 27.2 Å². The minimum atomic E-state index is -3.33. The van der Waals surface area contributed by atoms with Gasteiger partial charge in [0.25, 0.3) is 10.2 Å². The van der Waals surface area contributed by atoms with Crippen LogP contribution < -0.4 is 0 Å². The van der Waals surface area contributed by atoms with Crippen molar-refractivity contribution in [1.29, 1.82) is 0 Å². The van der Waals surface area contributed by atoms with Crippen LogP contribution in [0.4, 0.5) is 0 Å². The molecule has 0 aromatic carbocycles. The van der Waals surface area contributed by atoms with Crippen molar-refractivity contribution in [3.8, 4) is 11.3 Å². The molecule has 0 radical (unpaired) electrons. The Morgan fingerprint density at radius 2 is 1.84 bits per heavy atom. The van der Waals surface area contributed by atoms with Crippen LogP contribution in [0.5, 0.6) is 0 Å². The maximum absolute atomic E-state index is 12.2. The van der Waals surface area contributed by atoms with E-state index in [4.69, 9.17) is 0 Å². The summed E-state index contributed by atoms with van der Waals surface area (Å²) in [4.78, 5) is 9.13. The van der Waals surface area contributed by atoms with Crippen LogP contribution in [-0.2, 0) is 10.2 Å². The van der Waals surface area contributed by atoms with Crippen LogP contribution >= 0.6 is 0 Å². The third-order valence-electron chi connectivity index (χ3n) is 4.72. The largest absolute Gasteiger partial charge is 0.282 e. The zero-order chi connectivity index (χ0) is 18.2. The molecular weight excluding hydrogens is 340 g/mol. The van der Waals surface area contributed by atoms with Crippen LogP contribution in [0.15, 0.2) is 12.4 Å². The average molecular weight is 364 g/mol. The summed E-state index contributed by atoms with van der Waals surface area (Å²) in [5.41, 5.74) is 4.60. The Hall–Kier alpha value is -1.84. The fraction of sp³-hybridized carbons (Fsp3) is 0.562. The highest BCUT2D eigenvalue weighted by atomic mass is 32.2. The van der Waals surface area contributed by atoms with Gasteiger partial charge in [0, 0.05) is 50.6 Å². The highest BCUT2D eigenvalue weighted by molar-refractivity contribution is 7.86. The van der Waals surface area contributed by atoms with Crippen molar-refractivity contribution < 1.29 is 8.42 Å². The SMILES string of the molecule is Cc1n[nH]c(C)c1-c1cnc(C2CCN(S(=O)(=O)N(C)C)CC2)cn1. The lowest BCUT2D eigenvalue weighted by Gasteiger charge is -2.32. The Balaban J connectivity index is 1.71. The van der Waals surface area contributed by atoms with Crippen LogP contribution in [0, 0.1) is 13.8 Å². The van der Waals surface area contributed by atoms with Gasteiger partial charge >= 0.3 is 0 Å². The third-order valence-corrected chi connectivity index (χ3v) is 6.66. The molecule has 1 aliphatic heterocycles. The van der Waals surface area contributed by atoms with Crippen LogP contribution in [0.2, 0.25) is 0 Å². The van der Waals surface area contributed by atoms with Gasteiger partial charge in [-0.1, -0.05) is 0 Å². The summed E-state index contributed by atoms with van der Waals surface area (Å²) in [6.07, 6.45) is 5.10. The van der Waals surface area contributed by atoms with E-state index in [0.29, 0.717) is 13.1 Å². The summed E-state index contributed by atoms with van der Waals surface area (Å²) >= 11 is 0. The molecule has 0 unspecified atom stereocenters. The van der Waals surface area contributed by atoms with Gasteiger partial charge in [-0.05, 0) is 26.7 Å². The molecule has 0 aliphatic carbocycles. The zero-order valence-corrected chi connectivity index (χ0v) is 15.8. The first-order valence-corrected chi connectivity index (χ1v) is 9.72. The molecule has 3 rings (SSSR count). The molecule has 1 fully saturated rings. The van der Waals surface area contributed by atoms with Gasteiger partial charge in [0.2, 0.25) is 0 Å². The van der Waals surface area contributed by atoms with Crippen LogP contribution in [0.25, 0.3) is 11.3 Å². The standard InChI is InChI=1S/C16H24N6O2S/c1-11-16(12(2)20-19-11)15-10-17-14(9-18-15)13-5-7-22(8-6-13)25(23,24)21(3)4/h9-10,13H,5-8H2,1-4H3,(H,19,20). The number of nitrogens with zero attached hydrogens (tertiary/aromatic N) is 5. The fourth-order valence-electron chi connectivity index (χ4n) is 3.22. The third kappa shape index (κ3) is 3.44. The average Bonchev–Trinajstić information content (AvgIpc) is 2.94. The second-order valence-corrected chi connectivity index (χ2v) is 8.74. The van der Waals surface area contributed by atoms with Gasteiger partial charge in [-0.15, -0.1) is 0 Å². The van der Waals surface area contributed by atoms with Crippen LogP contribution in [0.3, 0.4) is 0 Å². The van der Waals surface area contributed by atoms with E-state index in [2.05, 4.69) is 20.2 Å². The van der Waals surface area contributed by atoms with E-state index in [1.165, 1.54) is 8.61 Å². The number of rotatable bonds is 4. The first-order valence-electron chi connectivity index (χ1n) is 8.32. The van der Waals surface area contributed by atoms with Crippen molar-refractivity contribution in [3.05, 3.63) is 29.5 Å². The molecule has 0 spiro atoms. The molecule has 1 aliphatic rings. The lowest BCUT2D eigenvalue weighted by atomic mass is 9.95. The molecule has 25 heavy (non-hydrogen) atoms. The Kier molecular flexibility index (Phi) is 4.90. The summed E-state index contributed by atoms with van der Waals surface area (Å²) in [5, 5.41) is 7.15. The Bertz CT molecular complexity index is 817. The first-order chi connectivity index (χ1) is 11.8. The van der Waals surface area contributed by atoms with E-state index in [-0.39, 0.29) is 5.92 Å². The molecule has 1 N–H and O–H groups in total. The van der Waals surface area contributed by atoms with Gasteiger partial charge in [0.05, 0.1) is 23.3 Å². The van der Waals surface area contributed by atoms with Crippen molar-refractivity contribution >= 4 is 10.2 Å². The molecule has 3 heterocycles. The van der Waals surface area contributed by atoms with E-state index in [1.54, 1.807) is 20.3 Å². The van der Waals surface area contributed by atoms with Crippen molar-refractivity contribution in [3.63, 3.8) is 0 Å². The first kappa shape index (κ1) is 18.0. The maximum atomic E-state index is 12.2. The highest BCUT2D eigenvalue weighted by Gasteiger charge is 2.30. The number of aromatic amines is 1. The smallest absolute Gasteiger partial charge is 0.281 e. The molecule has 8 nitrogen and oxygen atoms in total. The van der Waals surface area contributed by atoms with Gasteiger partial charge < -0.3 is 0 Å². The van der Waals surface area contributed by atoms with E-state index in [0.717, 1.165) is 41.2 Å².